The molecule has 1 saturated carbocycles. The molecule has 5 nitrogen and oxygen atoms in total. The van der Waals surface area contributed by atoms with E-state index >= 15 is 0 Å². The maximum absolute atomic E-state index is 13.1. The van der Waals surface area contributed by atoms with Gasteiger partial charge in [-0.1, -0.05) is 30.3 Å². The fourth-order valence-electron chi connectivity index (χ4n) is 4.04. The van der Waals surface area contributed by atoms with Crippen molar-refractivity contribution in [2.45, 2.75) is 64.5 Å². The molecule has 1 atom stereocenters. The van der Waals surface area contributed by atoms with Crippen molar-refractivity contribution in [3.63, 3.8) is 0 Å². The van der Waals surface area contributed by atoms with E-state index in [4.69, 9.17) is 4.74 Å². The Bertz CT molecular complexity index is 886. The van der Waals surface area contributed by atoms with E-state index in [1.54, 1.807) is 11.3 Å². The first-order valence-electron chi connectivity index (χ1n) is 11.2. The third-order valence-electron chi connectivity index (χ3n) is 5.68. The van der Waals surface area contributed by atoms with E-state index in [2.05, 4.69) is 50.1 Å². The highest BCUT2D eigenvalue weighted by Gasteiger charge is 2.29. The summed E-state index contributed by atoms with van der Waals surface area (Å²) in [6.07, 6.45) is 3.96. The maximum Gasteiger partial charge on any atom is 0.407 e. The molecule has 1 aliphatic rings. The molecule has 2 aromatic rings. The summed E-state index contributed by atoms with van der Waals surface area (Å²) in [5.74, 6) is 0.545. The zero-order valence-corrected chi connectivity index (χ0v) is 21.4. The molecule has 2 N–H and O–H groups in total. The highest BCUT2D eigenvalue weighted by atomic mass is 79.9. The summed E-state index contributed by atoms with van der Waals surface area (Å²) < 4.78 is 6.35. The van der Waals surface area contributed by atoms with Crippen LogP contribution >= 0.6 is 27.3 Å². The first-order chi connectivity index (χ1) is 15.2. The van der Waals surface area contributed by atoms with Crippen LogP contribution in [0.3, 0.4) is 0 Å². The predicted molar refractivity (Wildman–Crippen MR) is 133 cm³/mol. The van der Waals surface area contributed by atoms with E-state index in [1.807, 2.05) is 39.0 Å². The van der Waals surface area contributed by atoms with Gasteiger partial charge in [0.15, 0.2) is 0 Å². The van der Waals surface area contributed by atoms with Crippen LogP contribution in [0.5, 0.6) is 0 Å². The highest BCUT2D eigenvalue weighted by molar-refractivity contribution is 9.10. The molecule has 1 aromatic carbocycles. The van der Waals surface area contributed by atoms with E-state index < -0.39 is 5.60 Å². The Balaban J connectivity index is 1.51. The molecule has 1 fully saturated rings. The Hall–Kier alpha value is -1.86. The summed E-state index contributed by atoms with van der Waals surface area (Å²) in [4.78, 5) is 26.1. The van der Waals surface area contributed by atoms with Gasteiger partial charge in [0.1, 0.15) is 5.60 Å². The number of ether oxygens (including phenoxy) is 1. The number of hydrogen-bond acceptors (Lipinski definition) is 4. The zero-order chi connectivity index (χ0) is 23.1. The molecule has 32 heavy (non-hydrogen) atoms. The monoisotopic (exact) mass is 520 g/mol. The first kappa shape index (κ1) is 24.8. The second kappa shape index (κ2) is 11.3. The van der Waals surface area contributed by atoms with E-state index in [9.17, 15) is 9.59 Å². The molecule has 0 radical (unpaired) electrons. The lowest BCUT2D eigenvalue weighted by atomic mass is 9.81. The number of nitrogens with one attached hydrogen (secondary N) is 2. The van der Waals surface area contributed by atoms with Crippen LogP contribution in [-0.4, -0.2) is 24.1 Å². The van der Waals surface area contributed by atoms with E-state index in [0.29, 0.717) is 12.5 Å². The van der Waals surface area contributed by atoms with Crippen LogP contribution in [0.2, 0.25) is 0 Å². The number of carbonyl (C=O) groups is 2. The molecular formula is C25H33BrN2O3S. The van der Waals surface area contributed by atoms with Crippen molar-refractivity contribution in [2.75, 3.05) is 6.54 Å². The smallest absolute Gasteiger partial charge is 0.407 e. The Morgan fingerprint density at radius 2 is 1.84 bits per heavy atom. The minimum absolute atomic E-state index is 0.0226. The molecule has 0 bridgehead atoms. The second-order valence-electron chi connectivity index (χ2n) is 9.52. The van der Waals surface area contributed by atoms with Gasteiger partial charge in [-0.25, -0.2) is 4.79 Å². The molecule has 1 unspecified atom stereocenters. The van der Waals surface area contributed by atoms with Crippen molar-refractivity contribution in [3.05, 3.63) is 56.7 Å². The SMILES string of the molecule is CC(C)(C)OC(=O)NC[C@H]1CC[C@H](C(=O)NC(Cc2ccccc2)c2cc(Br)cs2)CC1. The van der Waals surface area contributed by atoms with Gasteiger partial charge in [0.25, 0.3) is 0 Å². The summed E-state index contributed by atoms with van der Waals surface area (Å²) in [6, 6.07) is 12.3. The number of rotatable bonds is 7. The lowest BCUT2D eigenvalue weighted by Gasteiger charge is -2.29. The summed E-state index contributed by atoms with van der Waals surface area (Å²) in [7, 11) is 0. The number of hydrogen-bond donors (Lipinski definition) is 2. The lowest BCUT2D eigenvalue weighted by Crippen LogP contribution is -2.39. The molecule has 0 saturated heterocycles. The normalized spacial score (nSPS) is 19.8. The fraction of sp³-hybridized carbons (Fsp3) is 0.520. The van der Waals surface area contributed by atoms with Crippen LogP contribution in [-0.2, 0) is 16.0 Å². The number of carbonyl (C=O) groups excluding carboxylic acids is 2. The van der Waals surface area contributed by atoms with E-state index in [0.717, 1.165) is 41.5 Å². The molecule has 174 valence electrons. The summed E-state index contributed by atoms with van der Waals surface area (Å²) >= 11 is 5.20. The first-order valence-corrected chi connectivity index (χ1v) is 12.9. The Morgan fingerprint density at radius 3 is 2.44 bits per heavy atom. The summed E-state index contributed by atoms with van der Waals surface area (Å²) in [5.41, 5.74) is 0.716. The van der Waals surface area contributed by atoms with Crippen LogP contribution < -0.4 is 10.6 Å². The molecule has 1 aromatic heterocycles. The number of benzene rings is 1. The van der Waals surface area contributed by atoms with E-state index in [-0.39, 0.29) is 24.0 Å². The van der Waals surface area contributed by atoms with Crippen molar-refractivity contribution in [1.82, 2.24) is 10.6 Å². The van der Waals surface area contributed by atoms with Crippen molar-refractivity contribution >= 4 is 39.3 Å². The summed E-state index contributed by atoms with van der Waals surface area (Å²) in [5, 5.41) is 8.25. The van der Waals surface area contributed by atoms with Crippen molar-refractivity contribution in [2.24, 2.45) is 11.8 Å². The molecule has 7 heteroatoms. The number of halogens is 1. The molecule has 2 amide bonds. The topological polar surface area (TPSA) is 67.4 Å². The zero-order valence-electron chi connectivity index (χ0n) is 19.0. The van der Waals surface area contributed by atoms with Gasteiger partial charge in [0, 0.05) is 27.2 Å². The van der Waals surface area contributed by atoms with Crippen LogP contribution in [0.4, 0.5) is 4.79 Å². The number of alkyl carbamates (subject to hydrolysis) is 1. The minimum atomic E-state index is -0.492. The Morgan fingerprint density at radius 1 is 1.16 bits per heavy atom. The predicted octanol–water partition coefficient (Wildman–Crippen LogP) is 6.24. The Labute approximate surface area is 203 Å². The lowest BCUT2D eigenvalue weighted by molar-refractivity contribution is -0.127. The highest BCUT2D eigenvalue weighted by Crippen LogP contribution is 2.31. The molecule has 3 rings (SSSR count). The quantitative estimate of drug-likeness (QED) is 0.453. The fourth-order valence-corrected chi connectivity index (χ4v) is 5.54. The van der Waals surface area contributed by atoms with Crippen LogP contribution in [0.15, 0.2) is 46.3 Å². The summed E-state index contributed by atoms with van der Waals surface area (Å²) in [6.45, 7) is 6.17. The Kier molecular flexibility index (Phi) is 8.77. The van der Waals surface area contributed by atoms with Gasteiger partial charge >= 0.3 is 6.09 Å². The second-order valence-corrected chi connectivity index (χ2v) is 11.4. The van der Waals surface area contributed by atoms with Crippen LogP contribution in [0, 0.1) is 11.8 Å². The van der Waals surface area contributed by atoms with Gasteiger partial charge in [-0.2, -0.15) is 0 Å². The van der Waals surface area contributed by atoms with Crippen molar-refractivity contribution in [3.8, 4) is 0 Å². The molecule has 0 aliphatic heterocycles. The third-order valence-corrected chi connectivity index (χ3v) is 7.49. The van der Waals surface area contributed by atoms with Gasteiger partial charge in [0.05, 0.1) is 6.04 Å². The largest absolute Gasteiger partial charge is 0.444 e. The average molecular weight is 522 g/mol. The number of thiophene rings is 1. The molecular weight excluding hydrogens is 488 g/mol. The van der Waals surface area contributed by atoms with Gasteiger partial charge in [-0.3, -0.25) is 4.79 Å². The average Bonchev–Trinajstić information content (AvgIpc) is 3.18. The molecule has 1 heterocycles. The number of amides is 2. The van der Waals surface area contributed by atoms with Gasteiger partial charge in [-0.05, 0) is 86.4 Å². The maximum atomic E-state index is 13.1. The van der Waals surface area contributed by atoms with Gasteiger partial charge in [0.2, 0.25) is 5.91 Å². The van der Waals surface area contributed by atoms with Crippen molar-refractivity contribution in [1.29, 1.82) is 0 Å². The third kappa shape index (κ3) is 7.93. The standard InChI is InChI=1S/C25H33BrN2O3S/c1-25(2,3)31-24(30)27-15-18-9-11-19(12-10-18)23(29)28-21(22-14-20(26)16-32-22)13-17-7-5-4-6-8-17/h4-8,14,16,18-19,21H,9-13,15H2,1-3H3,(H,27,30)(H,28,29)/t18-,19-,21?. The van der Waals surface area contributed by atoms with Crippen molar-refractivity contribution < 1.29 is 14.3 Å². The van der Waals surface area contributed by atoms with E-state index in [1.165, 1.54) is 5.56 Å². The molecule has 1 aliphatic carbocycles. The van der Waals surface area contributed by atoms with Gasteiger partial charge < -0.3 is 15.4 Å². The van der Waals surface area contributed by atoms with Gasteiger partial charge in [-0.15, -0.1) is 11.3 Å². The van der Waals surface area contributed by atoms with Crippen LogP contribution in [0.25, 0.3) is 0 Å². The molecule has 0 spiro atoms. The minimum Gasteiger partial charge on any atom is -0.444 e. The van der Waals surface area contributed by atoms with Crippen LogP contribution in [0.1, 0.15) is 62.9 Å².